The number of ether oxygens (including phenoxy) is 1. The number of hydrogen-bond acceptors (Lipinski definition) is 6. The standard InChI is InChI=1S/C24H26F3N5O2/c1-3-34-15-23-6-7-31(19-5-4-17(9-28)20(8-19)24(25,26)27)12-18(23)13-32(14-23)22(33)21-11-29-16(2)10-30-21/h4-5,8,10-11,18H,3,6-7,12-15H2,1-2H3. The van der Waals surface area contributed by atoms with Crippen molar-refractivity contribution in [3.8, 4) is 6.07 Å². The Bertz CT molecular complexity index is 1100. The van der Waals surface area contributed by atoms with Crippen LogP contribution in [0.15, 0.2) is 30.6 Å². The summed E-state index contributed by atoms with van der Waals surface area (Å²) in [5.74, 6) is -0.192. The van der Waals surface area contributed by atoms with Crippen molar-refractivity contribution in [3.05, 3.63) is 53.1 Å². The number of rotatable bonds is 5. The molecule has 10 heteroatoms. The lowest BCUT2D eigenvalue weighted by Gasteiger charge is -2.44. The van der Waals surface area contributed by atoms with Crippen LogP contribution in [0.2, 0.25) is 0 Å². The molecule has 2 aliphatic rings. The van der Waals surface area contributed by atoms with E-state index < -0.39 is 17.3 Å². The molecule has 4 rings (SSSR count). The van der Waals surface area contributed by atoms with Crippen LogP contribution in [-0.2, 0) is 10.9 Å². The van der Waals surface area contributed by atoms with E-state index in [1.165, 1.54) is 12.3 Å². The fourth-order valence-electron chi connectivity index (χ4n) is 4.94. The number of anilines is 1. The number of likely N-dealkylation sites (tertiary alicyclic amines) is 1. The third-order valence-corrected chi connectivity index (χ3v) is 6.81. The van der Waals surface area contributed by atoms with Crippen LogP contribution < -0.4 is 4.90 Å². The Morgan fingerprint density at radius 2 is 2.09 bits per heavy atom. The first kappa shape index (κ1) is 24.0. The number of carbonyl (C=O) groups is 1. The summed E-state index contributed by atoms with van der Waals surface area (Å²) in [6, 6.07) is 5.46. The second-order valence-electron chi connectivity index (χ2n) is 8.96. The Balaban J connectivity index is 1.58. The normalized spacial score (nSPS) is 22.4. The van der Waals surface area contributed by atoms with Gasteiger partial charge in [-0.05, 0) is 38.5 Å². The van der Waals surface area contributed by atoms with E-state index in [9.17, 15) is 18.0 Å². The molecule has 0 spiro atoms. The van der Waals surface area contributed by atoms with Gasteiger partial charge in [0.2, 0.25) is 0 Å². The van der Waals surface area contributed by atoms with Crippen molar-refractivity contribution in [2.24, 2.45) is 11.3 Å². The van der Waals surface area contributed by atoms with Crippen LogP contribution >= 0.6 is 0 Å². The molecule has 2 aliphatic heterocycles. The predicted octanol–water partition coefficient (Wildman–Crippen LogP) is 3.68. The molecule has 2 unspecified atom stereocenters. The van der Waals surface area contributed by atoms with E-state index in [2.05, 4.69) is 9.97 Å². The molecule has 0 saturated carbocycles. The molecule has 0 bridgehead atoms. The van der Waals surface area contributed by atoms with Gasteiger partial charge in [0, 0.05) is 56.0 Å². The molecule has 0 N–H and O–H groups in total. The van der Waals surface area contributed by atoms with Crippen LogP contribution in [-0.4, -0.2) is 60.2 Å². The summed E-state index contributed by atoms with van der Waals surface area (Å²) in [5, 5.41) is 9.09. The Morgan fingerprint density at radius 3 is 2.74 bits per heavy atom. The number of nitrogens with zero attached hydrogens (tertiary/aromatic N) is 5. The summed E-state index contributed by atoms with van der Waals surface area (Å²) in [6.07, 6.45) is -0.919. The Kier molecular flexibility index (Phi) is 6.49. The van der Waals surface area contributed by atoms with Crippen molar-refractivity contribution in [1.82, 2.24) is 14.9 Å². The highest BCUT2D eigenvalue weighted by atomic mass is 19.4. The molecule has 1 amide bonds. The quantitative estimate of drug-likeness (QED) is 0.659. The molecule has 2 saturated heterocycles. The molecule has 2 atom stereocenters. The molecule has 34 heavy (non-hydrogen) atoms. The van der Waals surface area contributed by atoms with Crippen LogP contribution in [0.3, 0.4) is 0 Å². The first-order valence-corrected chi connectivity index (χ1v) is 11.2. The Labute approximate surface area is 196 Å². The topological polar surface area (TPSA) is 82.4 Å². The largest absolute Gasteiger partial charge is 0.417 e. The number of hydrogen-bond donors (Lipinski definition) is 0. The summed E-state index contributed by atoms with van der Waals surface area (Å²) in [6.45, 7) is 6.70. The van der Waals surface area contributed by atoms with E-state index in [-0.39, 0.29) is 22.9 Å². The number of aryl methyl sites for hydroxylation is 1. The highest BCUT2D eigenvalue weighted by Crippen LogP contribution is 2.45. The van der Waals surface area contributed by atoms with Crippen LogP contribution in [0.1, 0.15) is 40.7 Å². The molecule has 0 radical (unpaired) electrons. The van der Waals surface area contributed by atoms with Crippen molar-refractivity contribution >= 4 is 11.6 Å². The van der Waals surface area contributed by atoms with Gasteiger partial charge in [0.1, 0.15) is 5.69 Å². The molecule has 0 aliphatic carbocycles. The van der Waals surface area contributed by atoms with Gasteiger partial charge in [0.05, 0.1) is 35.7 Å². The summed E-state index contributed by atoms with van der Waals surface area (Å²) >= 11 is 0. The smallest absolute Gasteiger partial charge is 0.381 e. The number of piperidine rings is 1. The van der Waals surface area contributed by atoms with E-state index in [4.69, 9.17) is 10.00 Å². The summed E-state index contributed by atoms with van der Waals surface area (Å²) in [5.41, 5.74) is -0.189. The van der Waals surface area contributed by atoms with Gasteiger partial charge in [0.25, 0.3) is 5.91 Å². The SMILES string of the molecule is CCOCC12CCN(c3ccc(C#N)c(C(F)(F)F)c3)CC1CN(C(=O)c1cnc(C)cn1)C2. The number of fused-ring (bicyclic) bond motifs is 1. The molecule has 3 heterocycles. The zero-order valence-corrected chi connectivity index (χ0v) is 19.1. The maximum atomic E-state index is 13.5. The first-order valence-electron chi connectivity index (χ1n) is 11.2. The molecular weight excluding hydrogens is 447 g/mol. The fourth-order valence-corrected chi connectivity index (χ4v) is 4.94. The van der Waals surface area contributed by atoms with Crippen LogP contribution in [0.5, 0.6) is 0 Å². The Hall–Kier alpha value is -3.19. The Morgan fingerprint density at radius 1 is 1.29 bits per heavy atom. The van der Waals surface area contributed by atoms with Crippen LogP contribution in [0, 0.1) is 29.6 Å². The molecule has 180 valence electrons. The van der Waals surface area contributed by atoms with Gasteiger partial charge >= 0.3 is 6.18 Å². The molecule has 7 nitrogen and oxygen atoms in total. The van der Waals surface area contributed by atoms with Crippen molar-refractivity contribution in [3.63, 3.8) is 0 Å². The zero-order valence-electron chi connectivity index (χ0n) is 19.1. The molecule has 1 aromatic heterocycles. The number of benzene rings is 1. The predicted molar refractivity (Wildman–Crippen MR) is 118 cm³/mol. The van der Waals surface area contributed by atoms with Gasteiger partial charge in [-0.3, -0.25) is 9.78 Å². The van der Waals surface area contributed by atoms with E-state index in [1.807, 2.05) is 11.8 Å². The van der Waals surface area contributed by atoms with Gasteiger partial charge in [-0.25, -0.2) is 4.98 Å². The van der Waals surface area contributed by atoms with Crippen LogP contribution in [0.25, 0.3) is 0 Å². The van der Waals surface area contributed by atoms with E-state index in [1.54, 1.807) is 30.2 Å². The third-order valence-electron chi connectivity index (χ3n) is 6.81. The highest BCUT2D eigenvalue weighted by molar-refractivity contribution is 5.92. The number of halogens is 3. The minimum absolute atomic E-state index is 0.0140. The lowest BCUT2D eigenvalue weighted by molar-refractivity contribution is -0.137. The van der Waals surface area contributed by atoms with Crippen molar-refractivity contribution in [2.75, 3.05) is 44.3 Å². The minimum atomic E-state index is -4.61. The van der Waals surface area contributed by atoms with Crippen molar-refractivity contribution in [2.45, 2.75) is 26.4 Å². The lowest BCUT2D eigenvalue weighted by Crippen LogP contribution is -2.49. The zero-order chi connectivity index (χ0) is 24.5. The van der Waals surface area contributed by atoms with E-state index in [0.717, 1.165) is 11.8 Å². The molecule has 2 fully saturated rings. The van der Waals surface area contributed by atoms with Gasteiger partial charge < -0.3 is 14.5 Å². The maximum absolute atomic E-state index is 13.5. The molecule has 2 aromatic rings. The summed E-state index contributed by atoms with van der Waals surface area (Å²) < 4.78 is 46.2. The number of alkyl halides is 3. The molecule has 1 aromatic carbocycles. The van der Waals surface area contributed by atoms with Gasteiger partial charge in [-0.2, -0.15) is 18.4 Å². The van der Waals surface area contributed by atoms with Crippen LogP contribution in [0.4, 0.5) is 18.9 Å². The van der Waals surface area contributed by atoms with Gasteiger partial charge in [-0.15, -0.1) is 0 Å². The number of nitriles is 1. The average Bonchev–Trinajstić information content (AvgIpc) is 3.21. The number of amides is 1. The second kappa shape index (κ2) is 9.22. The second-order valence-corrected chi connectivity index (χ2v) is 8.96. The van der Waals surface area contributed by atoms with Gasteiger partial charge in [-0.1, -0.05) is 0 Å². The number of carbonyl (C=O) groups excluding carboxylic acids is 1. The number of aromatic nitrogens is 2. The van der Waals surface area contributed by atoms with Crippen molar-refractivity contribution < 1.29 is 22.7 Å². The lowest BCUT2D eigenvalue weighted by atomic mass is 9.73. The third kappa shape index (κ3) is 4.57. The van der Waals surface area contributed by atoms with E-state index in [0.29, 0.717) is 51.5 Å². The minimum Gasteiger partial charge on any atom is -0.381 e. The summed E-state index contributed by atoms with van der Waals surface area (Å²) in [4.78, 5) is 25.1. The molecular formula is C24H26F3N5O2. The summed E-state index contributed by atoms with van der Waals surface area (Å²) in [7, 11) is 0. The maximum Gasteiger partial charge on any atom is 0.417 e. The van der Waals surface area contributed by atoms with E-state index >= 15 is 0 Å². The average molecular weight is 473 g/mol. The van der Waals surface area contributed by atoms with Crippen molar-refractivity contribution in [1.29, 1.82) is 5.26 Å². The highest BCUT2D eigenvalue weighted by Gasteiger charge is 2.51. The van der Waals surface area contributed by atoms with Gasteiger partial charge in [0.15, 0.2) is 0 Å². The first-order chi connectivity index (χ1) is 16.2. The fraction of sp³-hybridized carbons (Fsp3) is 0.500. The monoisotopic (exact) mass is 473 g/mol.